The molecule has 7 heteroatoms. The Labute approximate surface area is 194 Å². The number of carbonyl (C=O) groups excluding carboxylic acids is 2. The molecule has 3 N–H and O–H groups in total. The molecular weight excluding hydrogens is 420 g/mol. The average molecular weight is 453 g/mol. The van der Waals surface area contributed by atoms with Crippen LogP contribution in [0.5, 0.6) is 0 Å². The van der Waals surface area contributed by atoms with Crippen LogP contribution in [0.15, 0.2) is 48.5 Å². The molecular formula is C26H32N2O5. The normalized spacial score (nSPS) is 13.7. The summed E-state index contributed by atoms with van der Waals surface area (Å²) in [5.41, 5.74) is 3.76. The Bertz CT molecular complexity index is 985. The summed E-state index contributed by atoms with van der Waals surface area (Å²) < 4.78 is 5.51. The van der Waals surface area contributed by atoms with Gasteiger partial charge in [0.1, 0.15) is 12.6 Å². The molecule has 2 aromatic carbocycles. The SMILES string of the molecule is CC(C)[C@H](NC(=O)C(C)(C)CCNC(=O)OCC1c2ccccc2-c2ccccc21)C(=O)O. The minimum atomic E-state index is -1.06. The molecule has 0 heterocycles. The summed E-state index contributed by atoms with van der Waals surface area (Å²) in [6, 6.07) is 15.3. The molecule has 0 fully saturated rings. The maximum absolute atomic E-state index is 12.6. The lowest BCUT2D eigenvalue weighted by Gasteiger charge is -2.27. The van der Waals surface area contributed by atoms with Crippen LogP contribution >= 0.6 is 0 Å². The molecule has 7 nitrogen and oxygen atoms in total. The number of carboxylic acids is 1. The molecule has 0 radical (unpaired) electrons. The monoisotopic (exact) mass is 452 g/mol. The van der Waals surface area contributed by atoms with Crippen molar-refractivity contribution in [3.05, 3.63) is 59.7 Å². The Balaban J connectivity index is 1.51. The summed E-state index contributed by atoms with van der Waals surface area (Å²) >= 11 is 0. The number of amides is 2. The van der Waals surface area contributed by atoms with Crippen molar-refractivity contribution in [3.63, 3.8) is 0 Å². The van der Waals surface area contributed by atoms with Gasteiger partial charge in [0.2, 0.25) is 5.91 Å². The van der Waals surface area contributed by atoms with Crippen LogP contribution in [0.4, 0.5) is 4.79 Å². The van der Waals surface area contributed by atoms with Crippen LogP contribution in [0.1, 0.15) is 51.2 Å². The summed E-state index contributed by atoms with van der Waals surface area (Å²) in [7, 11) is 0. The molecule has 0 saturated heterocycles. The van der Waals surface area contributed by atoms with Gasteiger partial charge in [-0.2, -0.15) is 0 Å². The maximum Gasteiger partial charge on any atom is 0.407 e. The van der Waals surface area contributed by atoms with Crippen LogP contribution < -0.4 is 10.6 Å². The molecule has 0 spiro atoms. The van der Waals surface area contributed by atoms with Crippen LogP contribution in [-0.2, 0) is 14.3 Å². The standard InChI is InChI=1S/C26H32N2O5/c1-16(2)22(23(29)30)28-24(31)26(3,4)13-14-27-25(32)33-15-21-19-11-7-5-9-17(19)18-10-6-8-12-20(18)21/h5-12,16,21-22H,13-15H2,1-4H3,(H,27,32)(H,28,31)(H,29,30)/t22-/m0/s1. The van der Waals surface area contributed by atoms with Gasteiger partial charge in [-0.3, -0.25) is 4.79 Å². The fourth-order valence-electron chi connectivity index (χ4n) is 4.09. The van der Waals surface area contributed by atoms with Crippen LogP contribution in [0.3, 0.4) is 0 Å². The van der Waals surface area contributed by atoms with Gasteiger partial charge in [0.25, 0.3) is 0 Å². The highest BCUT2D eigenvalue weighted by atomic mass is 16.5. The number of nitrogens with one attached hydrogen (secondary N) is 2. The third-order valence-electron chi connectivity index (χ3n) is 6.20. The average Bonchev–Trinajstić information content (AvgIpc) is 3.09. The van der Waals surface area contributed by atoms with Gasteiger partial charge < -0.3 is 20.5 Å². The second-order valence-corrected chi connectivity index (χ2v) is 9.42. The lowest BCUT2D eigenvalue weighted by molar-refractivity contribution is -0.144. The number of carboxylic acid groups (broad SMARTS) is 1. The summed E-state index contributed by atoms with van der Waals surface area (Å²) in [6.07, 6.45) is -0.202. The summed E-state index contributed by atoms with van der Waals surface area (Å²) in [6.45, 7) is 7.38. The van der Waals surface area contributed by atoms with Crippen molar-refractivity contribution in [2.24, 2.45) is 11.3 Å². The second-order valence-electron chi connectivity index (χ2n) is 9.42. The molecule has 2 amide bonds. The molecule has 1 aliphatic rings. The van der Waals surface area contributed by atoms with Gasteiger partial charge >= 0.3 is 12.1 Å². The Morgan fingerprint density at radius 2 is 1.55 bits per heavy atom. The zero-order valence-electron chi connectivity index (χ0n) is 19.6. The Morgan fingerprint density at radius 1 is 1.00 bits per heavy atom. The molecule has 2 aromatic rings. The predicted octanol–water partition coefficient (Wildman–Crippen LogP) is 4.17. The fraction of sp³-hybridized carbons (Fsp3) is 0.423. The van der Waals surface area contributed by atoms with Crippen molar-refractivity contribution in [2.75, 3.05) is 13.2 Å². The van der Waals surface area contributed by atoms with E-state index in [1.807, 2.05) is 24.3 Å². The number of hydrogen-bond donors (Lipinski definition) is 3. The molecule has 1 aliphatic carbocycles. The van der Waals surface area contributed by atoms with Crippen molar-refractivity contribution >= 4 is 18.0 Å². The van der Waals surface area contributed by atoms with Gasteiger partial charge in [-0.25, -0.2) is 9.59 Å². The zero-order valence-corrected chi connectivity index (χ0v) is 19.6. The lowest BCUT2D eigenvalue weighted by Crippen LogP contribution is -2.49. The minimum absolute atomic E-state index is 0.0191. The van der Waals surface area contributed by atoms with E-state index in [0.29, 0.717) is 6.42 Å². The predicted molar refractivity (Wildman–Crippen MR) is 126 cm³/mol. The first-order valence-electron chi connectivity index (χ1n) is 11.2. The fourth-order valence-corrected chi connectivity index (χ4v) is 4.09. The molecule has 0 aromatic heterocycles. The third-order valence-corrected chi connectivity index (χ3v) is 6.20. The third kappa shape index (κ3) is 5.53. The van der Waals surface area contributed by atoms with Gasteiger partial charge in [-0.15, -0.1) is 0 Å². The van der Waals surface area contributed by atoms with Crippen molar-refractivity contribution in [1.82, 2.24) is 10.6 Å². The van der Waals surface area contributed by atoms with E-state index in [4.69, 9.17) is 4.74 Å². The number of ether oxygens (including phenoxy) is 1. The van der Waals surface area contributed by atoms with E-state index in [-0.39, 0.29) is 30.9 Å². The number of rotatable bonds is 9. The van der Waals surface area contributed by atoms with Crippen molar-refractivity contribution in [1.29, 1.82) is 0 Å². The van der Waals surface area contributed by atoms with Gasteiger partial charge in [-0.1, -0.05) is 76.2 Å². The van der Waals surface area contributed by atoms with E-state index in [2.05, 4.69) is 34.9 Å². The van der Waals surface area contributed by atoms with Crippen LogP contribution in [0.25, 0.3) is 11.1 Å². The molecule has 176 valence electrons. The topological polar surface area (TPSA) is 105 Å². The first-order chi connectivity index (χ1) is 15.6. The lowest BCUT2D eigenvalue weighted by atomic mass is 9.87. The molecule has 33 heavy (non-hydrogen) atoms. The largest absolute Gasteiger partial charge is 0.480 e. The maximum atomic E-state index is 12.6. The van der Waals surface area contributed by atoms with Gasteiger partial charge in [0, 0.05) is 17.9 Å². The first kappa shape index (κ1) is 24.3. The summed E-state index contributed by atoms with van der Waals surface area (Å²) in [5.74, 6) is -1.68. The number of aliphatic carboxylic acids is 1. The smallest absolute Gasteiger partial charge is 0.407 e. The first-order valence-corrected chi connectivity index (χ1v) is 11.2. The van der Waals surface area contributed by atoms with Gasteiger partial charge in [-0.05, 0) is 34.6 Å². The van der Waals surface area contributed by atoms with E-state index in [1.54, 1.807) is 27.7 Å². The highest BCUT2D eigenvalue weighted by Crippen LogP contribution is 2.44. The zero-order chi connectivity index (χ0) is 24.2. The van der Waals surface area contributed by atoms with Crippen LogP contribution in [0, 0.1) is 11.3 Å². The molecule has 3 rings (SSSR count). The van der Waals surface area contributed by atoms with Crippen LogP contribution in [-0.4, -0.2) is 42.3 Å². The minimum Gasteiger partial charge on any atom is -0.480 e. The summed E-state index contributed by atoms with van der Waals surface area (Å²) in [4.78, 5) is 36.3. The van der Waals surface area contributed by atoms with Crippen LogP contribution in [0.2, 0.25) is 0 Å². The van der Waals surface area contributed by atoms with Crippen molar-refractivity contribution in [2.45, 2.75) is 46.1 Å². The number of benzene rings is 2. The molecule has 0 aliphatic heterocycles. The van der Waals surface area contributed by atoms with E-state index >= 15 is 0 Å². The Morgan fingerprint density at radius 3 is 2.06 bits per heavy atom. The van der Waals surface area contributed by atoms with Gasteiger partial charge in [0.15, 0.2) is 0 Å². The highest BCUT2D eigenvalue weighted by Gasteiger charge is 2.33. The molecule has 0 unspecified atom stereocenters. The molecule has 1 atom stereocenters. The van der Waals surface area contributed by atoms with Gasteiger partial charge in [0.05, 0.1) is 0 Å². The van der Waals surface area contributed by atoms with Crippen molar-refractivity contribution < 1.29 is 24.2 Å². The number of carbonyl (C=O) groups is 3. The number of hydrogen-bond acceptors (Lipinski definition) is 4. The Kier molecular flexibility index (Phi) is 7.41. The van der Waals surface area contributed by atoms with E-state index in [0.717, 1.165) is 22.3 Å². The number of alkyl carbamates (subject to hydrolysis) is 1. The van der Waals surface area contributed by atoms with E-state index in [1.165, 1.54) is 0 Å². The van der Waals surface area contributed by atoms with Crippen molar-refractivity contribution in [3.8, 4) is 11.1 Å². The molecule has 0 saturated carbocycles. The highest BCUT2D eigenvalue weighted by molar-refractivity contribution is 5.87. The van der Waals surface area contributed by atoms with E-state index in [9.17, 15) is 19.5 Å². The second kappa shape index (κ2) is 10.1. The quantitative estimate of drug-likeness (QED) is 0.530. The number of fused-ring (bicyclic) bond motifs is 3. The Hall–Kier alpha value is -3.35. The summed E-state index contributed by atoms with van der Waals surface area (Å²) in [5, 5.41) is 14.6. The molecule has 0 bridgehead atoms. The van der Waals surface area contributed by atoms with E-state index < -0.39 is 23.5 Å².